The third-order valence-corrected chi connectivity index (χ3v) is 2.68. The van der Waals surface area contributed by atoms with E-state index in [0.717, 1.165) is 11.3 Å². The van der Waals surface area contributed by atoms with Crippen molar-refractivity contribution in [2.45, 2.75) is 6.54 Å². The molecule has 2 rings (SSSR count). The summed E-state index contributed by atoms with van der Waals surface area (Å²) in [5.41, 5.74) is 2.41. The number of benzene rings is 1. The Kier molecular flexibility index (Phi) is 3.74. The van der Waals surface area contributed by atoms with Gasteiger partial charge in [-0.1, -0.05) is 18.2 Å². The summed E-state index contributed by atoms with van der Waals surface area (Å²) in [5, 5.41) is 5.97. The summed E-state index contributed by atoms with van der Waals surface area (Å²) >= 11 is 0. The number of carbonyl (C=O) groups excluding carboxylic acids is 1. The van der Waals surface area contributed by atoms with E-state index in [1.54, 1.807) is 24.1 Å². The van der Waals surface area contributed by atoms with E-state index in [1.807, 2.05) is 31.3 Å². The molecule has 0 saturated carbocycles. The van der Waals surface area contributed by atoms with Crippen molar-refractivity contribution in [1.29, 1.82) is 0 Å². The fraction of sp³-hybridized carbons (Fsp3) is 0.231. The van der Waals surface area contributed by atoms with Gasteiger partial charge in [0.2, 0.25) is 0 Å². The van der Waals surface area contributed by atoms with Gasteiger partial charge in [-0.05, 0) is 18.7 Å². The quantitative estimate of drug-likeness (QED) is 0.854. The first-order valence-electron chi connectivity index (χ1n) is 5.72. The van der Waals surface area contributed by atoms with E-state index < -0.39 is 0 Å². The third kappa shape index (κ3) is 2.57. The van der Waals surface area contributed by atoms with Crippen molar-refractivity contribution in [3.05, 3.63) is 48.0 Å². The standard InChI is InChI=1S/C13H16N4O/c1-14-7-10-5-3-4-6-11(10)16-13(18)12-8-15-9-17(12)2/h3-6,8-9,14H,7H2,1-2H3,(H,16,18). The fourth-order valence-corrected chi connectivity index (χ4v) is 1.75. The number of imidazole rings is 1. The lowest BCUT2D eigenvalue weighted by molar-refractivity contribution is 0.101. The average Bonchev–Trinajstić information content (AvgIpc) is 2.78. The predicted octanol–water partition coefficient (Wildman–Crippen LogP) is 1.39. The Morgan fingerprint density at radius 2 is 2.17 bits per heavy atom. The van der Waals surface area contributed by atoms with E-state index in [-0.39, 0.29) is 5.91 Å². The van der Waals surface area contributed by atoms with Gasteiger partial charge in [0.05, 0.1) is 12.5 Å². The van der Waals surface area contributed by atoms with Crippen molar-refractivity contribution in [3.63, 3.8) is 0 Å². The van der Waals surface area contributed by atoms with Crippen LogP contribution in [0.25, 0.3) is 0 Å². The number of nitrogens with one attached hydrogen (secondary N) is 2. The molecule has 0 aliphatic heterocycles. The highest BCUT2D eigenvalue weighted by Crippen LogP contribution is 2.15. The van der Waals surface area contributed by atoms with Crippen LogP contribution < -0.4 is 10.6 Å². The number of amides is 1. The highest BCUT2D eigenvalue weighted by molar-refractivity contribution is 6.03. The fourth-order valence-electron chi connectivity index (χ4n) is 1.75. The van der Waals surface area contributed by atoms with Crippen LogP contribution in [0.3, 0.4) is 0 Å². The molecule has 2 N–H and O–H groups in total. The van der Waals surface area contributed by atoms with E-state index in [0.29, 0.717) is 12.2 Å². The van der Waals surface area contributed by atoms with Gasteiger partial charge in [-0.15, -0.1) is 0 Å². The number of aryl methyl sites for hydroxylation is 1. The van der Waals surface area contributed by atoms with Crippen LogP contribution in [-0.4, -0.2) is 22.5 Å². The van der Waals surface area contributed by atoms with Crippen LogP contribution in [0.15, 0.2) is 36.8 Å². The molecule has 2 aromatic rings. The summed E-state index contributed by atoms with van der Waals surface area (Å²) in [5.74, 6) is -0.154. The van der Waals surface area contributed by atoms with E-state index in [9.17, 15) is 4.79 Å². The smallest absolute Gasteiger partial charge is 0.273 e. The number of anilines is 1. The molecular formula is C13H16N4O. The summed E-state index contributed by atoms with van der Waals surface area (Å²) in [4.78, 5) is 16.0. The maximum atomic E-state index is 12.1. The Balaban J connectivity index is 2.19. The van der Waals surface area contributed by atoms with E-state index in [1.165, 1.54) is 0 Å². The Morgan fingerprint density at radius 3 is 2.83 bits per heavy atom. The first-order chi connectivity index (χ1) is 8.72. The van der Waals surface area contributed by atoms with Gasteiger partial charge in [0.1, 0.15) is 5.69 Å². The van der Waals surface area contributed by atoms with Crippen LogP contribution in [0.1, 0.15) is 16.1 Å². The summed E-state index contributed by atoms with van der Waals surface area (Å²) < 4.78 is 1.69. The zero-order valence-corrected chi connectivity index (χ0v) is 10.5. The number of rotatable bonds is 4. The molecule has 94 valence electrons. The van der Waals surface area contributed by atoms with Gasteiger partial charge in [-0.3, -0.25) is 4.79 Å². The van der Waals surface area contributed by atoms with Gasteiger partial charge < -0.3 is 15.2 Å². The highest BCUT2D eigenvalue weighted by Gasteiger charge is 2.11. The molecule has 0 radical (unpaired) electrons. The predicted molar refractivity (Wildman–Crippen MR) is 70.4 cm³/mol. The first-order valence-corrected chi connectivity index (χ1v) is 5.72. The minimum atomic E-state index is -0.154. The van der Waals surface area contributed by atoms with Gasteiger partial charge in [0.15, 0.2) is 0 Å². The van der Waals surface area contributed by atoms with Crippen molar-refractivity contribution < 1.29 is 4.79 Å². The van der Waals surface area contributed by atoms with Crippen LogP contribution >= 0.6 is 0 Å². The molecule has 0 saturated heterocycles. The monoisotopic (exact) mass is 244 g/mol. The molecule has 1 aromatic heterocycles. The van der Waals surface area contributed by atoms with Gasteiger partial charge in [0, 0.05) is 19.3 Å². The van der Waals surface area contributed by atoms with Crippen molar-refractivity contribution in [1.82, 2.24) is 14.9 Å². The molecule has 0 atom stereocenters. The van der Waals surface area contributed by atoms with E-state index in [2.05, 4.69) is 15.6 Å². The molecule has 1 heterocycles. The number of hydrogen-bond acceptors (Lipinski definition) is 3. The number of aromatic nitrogens is 2. The summed E-state index contributed by atoms with van der Waals surface area (Å²) in [7, 11) is 3.67. The molecule has 5 heteroatoms. The summed E-state index contributed by atoms with van der Waals surface area (Å²) in [6, 6.07) is 7.72. The van der Waals surface area contributed by atoms with Crippen molar-refractivity contribution in [2.24, 2.45) is 7.05 Å². The van der Waals surface area contributed by atoms with Gasteiger partial charge >= 0.3 is 0 Å². The molecule has 0 fully saturated rings. The zero-order valence-electron chi connectivity index (χ0n) is 10.5. The zero-order chi connectivity index (χ0) is 13.0. The van der Waals surface area contributed by atoms with Gasteiger partial charge in [-0.25, -0.2) is 4.98 Å². The molecule has 0 aliphatic rings. The number of hydrogen-bond donors (Lipinski definition) is 2. The lowest BCUT2D eigenvalue weighted by atomic mass is 10.1. The Morgan fingerprint density at radius 1 is 1.39 bits per heavy atom. The molecule has 0 unspecified atom stereocenters. The van der Waals surface area contributed by atoms with E-state index >= 15 is 0 Å². The van der Waals surface area contributed by atoms with Crippen LogP contribution in [0.5, 0.6) is 0 Å². The number of carbonyl (C=O) groups is 1. The maximum Gasteiger partial charge on any atom is 0.273 e. The Bertz CT molecular complexity index is 547. The van der Waals surface area contributed by atoms with Crippen LogP contribution in [0.2, 0.25) is 0 Å². The average molecular weight is 244 g/mol. The molecule has 1 aromatic carbocycles. The normalized spacial score (nSPS) is 10.3. The SMILES string of the molecule is CNCc1ccccc1NC(=O)c1cncn1C. The molecule has 18 heavy (non-hydrogen) atoms. The number of para-hydroxylation sites is 1. The summed E-state index contributed by atoms with van der Waals surface area (Å²) in [6.07, 6.45) is 3.16. The second-order valence-electron chi connectivity index (χ2n) is 4.03. The molecule has 0 spiro atoms. The summed E-state index contributed by atoms with van der Waals surface area (Å²) in [6.45, 7) is 0.710. The third-order valence-electron chi connectivity index (χ3n) is 2.68. The van der Waals surface area contributed by atoms with Crippen LogP contribution in [0, 0.1) is 0 Å². The molecule has 0 aliphatic carbocycles. The van der Waals surface area contributed by atoms with Crippen LogP contribution in [0.4, 0.5) is 5.69 Å². The highest BCUT2D eigenvalue weighted by atomic mass is 16.2. The van der Waals surface area contributed by atoms with Crippen molar-refractivity contribution in [3.8, 4) is 0 Å². The topological polar surface area (TPSA) is 58.9 Å². The molecular weight excluding hydrogens is 228 g/mol. The van der Waals surface area contributed by atoms with Crippen molar-refractivity contribution >= 4 is 11.6 Å². The second kappa shape index (κ2) is 5.46. The van der Waals surface area contributed by atoms with Gasteiger partial charge in [-0.2, -0.15) is 0 Å². The Labute approximate surface area is 106 Å². The maximum absolute atomic E-state index is 12.1. The minimum absolute atomic E-state index is 0.154. The van der Waals surface area contributed by atoms with Gasteiger partial charge in [0.25, 0.3) is 5.91 Å². The lowest BCUT2D eigenvalue weighted by Gasteiger charge is -2.10. The number of nitrogens with zero attached hydrogens (tertiary/aromatic N) is 2. The molecule has 1 amide bonds. The van der Waals surface area contributed by atoms with Crippen LogP contribution in [-0.2, 0) is 13.6 Å². The minimum Gasteiger partial charge on any atom is -0.330 e. The second-order valence-corrected chi connectivity index (χ2v) is 4.03. The lowest BCUT2D eigenvalue weighted by Crippen LogP contribution is -2.17. The Hall–Kier alpha value is -2.14. The van der Waals surface area contributed by atoms with E-state index in [4.69, 9.17) is 0 Å². The molecule has 0 bridgehead atoms. The largest absolute Gasteiger partial charge is 0.330 e. The van der Waals surface area contributed by atoms with Crippen molar-refractivity contribution in [2.75, 3.05) is 12.4 Å². The molecule has 5 nitrogen and oxygen atoms in total. The first kappa shape index (κ1) is 12.3.